The number of hydrogen-bond donors (Lipinski definition) is 2. The molecule has 2 N–H and O–H groups in total. The molecule has 0 aliphatic carbocycles. The molecule has 0 unspecified atom stereocenters. The zero-order valence-electron chi connectivity index (χ0n) is 15.3. The zero-order valence-corrected chi connectivity index (χ0v) is 16.1. The molecule has 0 atom stereocenters. The smallest absolute Gasteiger partial charge is 0.227 e. The van der Waals surface area contributed by atoms with Crippen LogP contribution < -0.4 is 14.9 Å². The summed E-state index contributed by atoms with van der Waals surface area (Å²) in [5.41, 5.74) is 1.74. The van der Waals surface area contributed by atoms with Crippen LogP contribution >= 0.6 is 0 Å². The van der Waals surface area contributed by atoms with Crippen LogP contribution in [0.3, 0.4) is 0 Å². The predicted octanol–water partition coefficient (Wildman–Crippen LogP) is 0.953. The van der Waals surface area contributed by atoms with Crippen LogP contribution in [0.25, 0.3) is 0 Å². The predicted molar refractivity (Wildman–Crippen MR) is 100 cm³/mol. The van der Waals surface area contributed by atoms with Gasteiger partial charge in [-0.05, 0) is 32.4 Å². The molecule has 9 nitrogen and oxygen atoms in total. The van der Waals surface area contributed by atoms with Gasteiger partial charge in [-0.2, -0.15) is 10.1 Å². The Balaban J connectivity index is 1.76. The van der Waals surface area contributed by atoms with Crippen molar-refractivity contribution in [2.24, 2.45) is 0 Å². The van der Waals surface area contributed by atoms with Crippen LogP contribution in [0.4, 0.5) is 11.8 Å². The Labute approximate surface area is 153 Å². The summed E-state index contributed by atoms with van der Waals surface area (Å²) in [5.74, 6) is 1.49. The van der Waals surface area contributed by atoms with Crippen molar-refractivity contribution in [2.75, 3.05) is 23.0 Å². The Morgan fingerprint density at radius 2 is 2.12 bits per heavy atom. The van der Waals surface area contributed by atoms with Gasteiger partial charge in [-0.3, -0.25) is 4.68 Å². The second kappa shape index (κ2) is 7.58. The van der Waals surface area contributed by atoms with Gasteiger partial charge in [0.2, 0.25) is 16.0 Å². The van der Waals surface area contributed by atoms with Crippen molar-refractivity contribution in [2.45, 2.75) is 45.9 Å². The molecule has 3 heterocycles. The molecule has 0 spiro atoms. The molecule has 0 radical (unpaired) electrons. The first-order valence-electron chi connectivity index (χ1n) is 8.65. The van der Waals surface area contributed by atoms with Crippen LogP contribution in [-0.4, -0.2) is 47.0 Å². The van der Waals surface area contributed by atoms with E-state index in [1.807, 2.05) is 16.8 Å². The maximum Gasteiger partial charge on any atom is 0.227 e. The van der Waals surface area contributed by atoms with Crippen LogP contribution in [0, 0.1) is 0 Å². The van der Waals surface area contributed by atoms with E-state index in [4.69, 9.17) is 0 Å². The van der Waals surface area contributed by atoms with E-state index in [-0.39, 0.29) is 6.54 Å². The van der Waals surface area contributed by atoms with Gasteiger partial charge in [-0.15, -0.1) is 0 Å². The molecule has 1 aliphatic heterocycles. The highest BCUT2D eigenvalue weighted by molar-refractivity contribution is 7.88. The van der Waals surface area contributed by atoms with E-state index in [1.54, 1.807) is 6.20 Å². The Morgan fingerprint density at radius 1 is 1.31 bits per heavy atom. The first kappa shape index (κ1) is 18.6. The molecule has 2 aromatic heterocycles. The van der Waals surface area contributed by atoms with Crippen LogP contribution in [-0.2, 0) is 29.7 Å². The summed E-state index contributed by atoms with van der Waals surface area (Å²) in [7, 11) is -3.24. The molecule has 0 fully saturated rings. The summed E-state index contributed by atoms with van der Waals surface area (Å²) in [6.07, 6.45) is 3.82. The monoisotopic (exact) mass is 379 g/mol. The van der Waals surface area contributed by atoms with E-state index >= 15 is 0 Å². The lowest BCUT2D eigenvalue weighted by atomic mass is 10.3. The molecule has 26 heavy (non-hydrogen) atoms. The third kappa shape index (κ3) is 4.92. The number of aryl methyl sites for hydroxylation is 1. The molecule has 2 aromatic rings. The first-order valence-corrected chi connectivity index (χ1v) is 10.5. The highest BCUT2D eigenvalue weighted by atomic mass is 32.2. The maximum atomic E-state index is 11.3. The lowest BCUT2D eigenvalue weighted by molar-refractivity contribution is 0.573. The second-order valence-corrected chi connectivity index (χ2v) is 8.59. The Kier molecular flexibility index (Phi) is 5.42. The van der Waals surface area contributed by atoms with E-state index in [2.05, 4.69) is 43.9 Å². The summed E-state index contributed by atoms with van der Waals surface area (Å²) in [4.78, 5) is 11.1. The van der Waals surface area contributed by atoms with Crippen molar-refractivity contribution in [1.82, 2.24) is 24.5 Å². The molecule has 0 aromatic carbocycles. The van der Waals surface area contributed by atoms with Gasteiger partial charge in [0.05, 0.1) is 30.7 Å². The fraction of sp³-hybridized carbons (Fsp3) is 0.562. The van der Waals surface area contributed by atoms with Gasteiger partial charge in [0, 0.05) is 25.3 Å². The molecule has 3 rings (SSSR count). The minimum absolute atomic E-state index is 0.198. The fourth-order valence-corrected chi connectivity index (χ4v) is 3.27. The average molecular weight is 379 g/mol. The summed E-state index contributed by atoms with van der Waals surface area (Å²) < 4.78 is 27.0. The molecule has 10 heteroatoms. The van der Waals surface area contributed by atoms with Crippen molar-refractivity contribution in [1.29, 1.82) is 0 Å². The number of aromatic nitrogens is 4. The number of sulfonamides is 1. The van der Waals surface area contributed by atoms with E-state index in [0.29, 0.717) is 24.2 Å². The first-order chi connectivity index (χ1) is 12.3. The minimum Gasteiger partial charge on any atom is -0.368 e. The molecule has 0 amide bonds. The van der Waals surface area contributed by atoms with E-state index in [0.717, 1.165) is 37.3 Å². The third-order valence-electron chi connectivity index (χ3n) is 3.94. The highest BCUT2D eigenvalue weighted by Gasteiger charge is 2.19. The molecular formula is C16H25N7O2S. The standard InChI is InChI=1S/C16H25N7O2S/c1-12(2)19-15-5-6-17-16(20-15)22-7-4-8-23-14(11-22)9-13(21-23)10-18-26(3,24)25/h5-6,9,12,18H,4,7-8,10-11H2,1-3H3,(H,17,19,20). The summed E-state index contributed by atoms with van der Waals surface area (Å²) in [5, 5.41) is 7.80. The number of fused-ring (bicyclic) bond motifs is 1. The maximum absolute atomic E-state index is 11.3. The third-order valence-corrected chi connectivity index (χ3v) is 4.61. The van der Waals surface area contributed by atoms with Crippen molar-refractivity contribution in [3.8, 4) is 0 Å². The SMILES string of the molecule is CC(C)Nc1ccnc(N2CCCn3nc(CNS(C)(=O)=O)cc3C2)n1. The Morgan fingerprint density at radius 3 is 2.85 bits per heavy atom. The second-order valence-electron chi connectivity index (χ2n) is 6.76. The van der Waals surface area contributed by atoms with Gasteiger partial charge in [-0.1, -0.05) is 0 Å². The number of hydrogen-bond acceptors (Lipinski definition) is 7. The molecule has 0 saturated heterocycles. The molecule has 1 aliphatic rings. The molecular weight excluding hydrogens is 354 g/mol. The zero-order chi connectivity index (χ0) is 18.7. The van der Waals surface area contributed by atoms with Gasteiger partial charge in [0.15, 0.2) is 0 Å². The largest absolute Gasteiger partial charge is 0.368 e. The van der Waals surface area contributed by atoms with Crippen LogP contribution in [0.5, 0.6) is 0 Å². The Bertz CT molecular complexity index is 863. The van der Waals surface area contributed by atoms with Crippen molar-refractivity contribution in [3.63, 3.8) is 0 Å². The van der Waals surface area contributed by atoms with Crippen LogP contribution in [0.2, 0.25) is 0 Å². The van der Waals surface area contributed by atoms with Gasteiger partial charge >= 0.3 is 0 Å². The Hall–Kier alpha value is -2.20. The van der Waals surface area contributed by atoms with Gasteiger partial charge in [0.25, 0.3) is 0 Å². The van der Waals surface area contributed by atoms with Crippen LogP contribution in [0.1, 0.15) is 31.7 Å². The van der Waals surface area contributed by atoms with Crippen molar-refractivity contribution in [3.05, 3.63) is 29.7 Å². The summed E-state index contributed by atoms with van der Waals surface area (Å²) in [6.45, 7) is 6.59. The van der Waals surface area contributed by atoms with E-state index in [1.165, 1.54) is 0 Å². The highest BCUT2D eigenvalue weighted by Crippen LogP contribution is 2.19. The average Bonchev–Trinajstić information content (AvgIpc) is 2.82. The lowest BCUT2D eigenvalue weighted by Crippen LogP contribution is -2.25. The van der Waals surface area contributed by atoms with E-state index < -0.39 is 10.0 Å². The van der Waals surface area contributed by atoms with Crippen molar-refractivity contribution < 1.29 is 8.42 Å². The number of anilines is 2. The summed E-state index contributed by atoms with van der Waals surface area (Å²) >= 11 is 0. The van der Waals surface area contributed by atoms with Gasteiger partial charge in [-0.25, -0.2) is 18.1 Å². The minimum atomic E-state index is -3.24. The quantitative estimate of drug-likeness (QED) is 0.770. The number of nitrogens with zero attached hydrogens (tertiary/aromatic N) is 5. The number of rotatable bonds is 6. The normalized spacial score (nSPS) is 15.0. The fourth-order valence-electron chi connectivity index (χ4n) is 2.86. The molecule has 142 valence electrons. The lowest BCUT2D eigenvalue weighted by Gasteiger charge is -2.20. The van der Waals surface area contributed by atoms with Crippen molar-refractivity contribution >= 4 is 21.8 Å². The molecule has 0 saturated carbocycles. The summed E-state index contributed by atoms with van der Waals surface area (Å²) in [6, 6.07) is 4.10. The van der Waals surface area contributed by atoms with Crippen LogP contribution in [0.15, 0.2) is 18.3 Å². The van der Waals surface area contributed by atoms with Gasteiger partial charge in [0.1, 0.15) is 5.82 Å². The van der Waals surface area contributed by atoms with E-state index in [9.17, 15) is 8.42 Å². The topological polar surface area (TPSA) is 105 Å². The molecule has 0 bridgehead atoms. The van der Waals surface area contributed by atoms with Gasteiger partial charge < -0.3 is 10.2 Å². The number of nitrogens with one attached hydrogen (secondary N) is 2.